The second-order valence-electron chi connectivity index (χ2n) is 5.19. The van der Waals surface area contributed by atoms with E-state index in [-0.39, 0.29) is 5.91 Å². The van der Waals surface area contributed by atoms with Crippen molar-refractivity contribution in [2.75, 3.05) is 31.5 Å². The number of hydrogen-bond donors (Lipinski definition) is 1. The highest BCUT2D eigenvalue weighted by atomic mass is 16.2. The average Bonchev–Trinajstić information content (AvgIpc) is 2.46. The lowest BCUT2D eigenvalue weighted by Crippen LogP contribution is -2.48. The molecule has 108 valence electrons. The molecular weight excluding hydrogens is 256 g/mol. The van der Waals surface area contributed by atoms with E-state index < -0.39 is 0 Å². The first-order valence-corrected chi connectivity index (χ1v) is 6.80. The van der Waals surface area contributed by atoms with Gasteiger partial charge in [-0.25, -0.2) is 0 Å². The fraction of sp³-hybridized carbons (Fsp3) is 0.500. The highest BCUT2D eigenvalue weighted by molar-refractivity contribution is 5.94. The van der Waals surface area contributed by atoms with Gasteiger partial charge in [-0.1, -0.05) is 0 Å². The summed E-state index contributed by atoms with van der Waals surface area (Å²) in [4.78, 5) is 30.6. The molecule has 2 rings (SSSR count). The highest BCUT2D eigenvalue weighted by Gasteiger charge is 2.21. The van der Waals surface area contributed by atoms with Crippen LogP contribution < -0.4 is 5.32 Å². The molecule has 1 aromatic rings. The van der Waals surface area contributed by atoms with Crippen LogP contribution in [0.3, 0.4) is 0 Å². The van der Waals surface area contributed by atoms with Crippen molar-refractivity contribution in [1.82, 2.24) is 14.8 Å². The maximum Gasteiger partial charge on any atom is 0.255 e. The van der Waals surface area contributed by atoms with Gasteiger partial charge in [0.15, 0.2) is 0 Å². The van der Waals surface area contributed by atoms with E-state index >= 15 is 0 Å². The topological polar surface area (TPSA) is 65.5 Å². The normalized spacial score (nSPS) is 15.3. The molecule has 1 saturated heterocycles. The van der Waals surface area contributed by atoms with Crippen molar-refractivity contribution >= 4 is 18.0 Å². The summed E-state index contributed by atoms with van der Waals surface area (Å²) >= 11 is 0. The monoisotopic (exact) mass is 276 g/mol. The number of amides is 2. The third kappa shape index (κ3) is 3.46. The third-order valence-electron chi connectivity index (χ3n) is 3.19. The quantitative estimate of drug-likeness (QED) is 0.827. The van der Waals surface area contributed by atoms with Crippen molar-refractivity contribution in [3.05, 3.63) is 24.0 Å². The highest BCUT2D eigenvalue weighted by Crippen LogP contribution is 2.13. The van der Waals surface area contributed by atoms with Gasteiger partial charge >= 0.3 is 0 Å². The van der Waals surface area contributed by atoms with Gasteiger partial charge in [0.1, 0.15) is 0 Å². The fourth-order valence-electron chi connectivity index (χ4n) is 2.18. The van der Waals surface area contributed by atoms with Gasteiger partial charge in [0.05, 0.1) is 11.3 Å². The van der Waals surface area contributed by atoms with Crippen LogP contribution in [0, 0.1) is 0 Å². The molecule has 1 aliphatic rings. The van der Waals surface area contributed by atoms with E-state index in [2.05, 4.69) is 10.3 Å². The Labute approximate surface area is 118 Å². The molecular formula is C14H20N4O2. The number of carbonyl (C=O) groups is 2. The van der Waals surface area contributed by atoms with Gasteiger partial charge in [0.25, 0.3) is 5.91 Å². The van der Waals surface area contributed by atoms with Crippen LogP contribution in [0.2, 0.25) is 0 Å². The number of pyridine rings is 1. The number of carbonyl (C=O) groups excluding carboxylic acids is 2. The van der Waals surface area contributed by atoms with Crippen molar-refractivity contribution < 1.29 is 9.59 Å². The van der Waals surface area contributed by atoms with Crippen LogP contribution in [0.5, 0.6) is 0 Å². The number of aromatic nitrogens is 1. The zero-order valence-electron chi connectivity index (χ0n) is 11.9. The van der Waals surface area contributed by atoms with Gasteiger partial charge in [0, 0.05) is 44.6 Å². The molecule has 0 saturated carbocycles. The molecule has 1 fully saturated rings. The van der Waals surface area contributed by atoms with Gasteiger partial charge in [0.2, 0.25) is 6.41 Å². The zero-order valence-corrected chi connectivity index (χ0v) is 11.9. The van der Waals surface area contributed by atoms with Crippen LogP contribution in [0.4, 0.5) is 5.69 Å². The summed E-state index contributed by atoms with van der Waals surface area (Å²) in [6.45, 7) is 6.39. The van der Waals surface area contributed by atoms with Crippen LogP contribution in [-0.2, 0) is 4.79 Å². The van der Waals surface area contributed by atoms with E-state index in [1.807, 2.05) is 19.9 Å². The summed E-state index contributed by atoms with van der Waals surface area (Å²) in [6.07, 6.45) is 4.12. The van der Waals surface area contributed by atoms with E-state index in [0.717, 1.165) is 12.1 Å². The maximum atomic E-state index is 12.4. The molecule has 0 bridgehead atoms. The van der Waals surface area contributed by atoms with Crippen molar-refractivity contribution in [3.63, 3.8) is 0 Å². The Morgan fingerprint density at radius 2 is 2.00 bits per heavy atom. The fourth-order valence-corrected chi connectivity index (χ4v) is 2.18. The minimum atomic E-state index is -0.0320. The SMILES string of the molecule is CC(C)Nc1cncc(C(=O)N2CCN(C=O)CC2)c1. The molecule has 1 aromatic heterocycles. The molecule has 0 radical (unpaired) electrons. The van der Waals surface area contributed by atoms with Gasteiger partial charge in [-0.05, 0) is 19.9 Å². The Morgan fingerprint density at radius 1 is 1.30 bits per heavy atom. The maximum absolute atomic E-state index is 12.4. The summed E-state index contributed by atoms with van der Waals surface area (Å²) in [5, 5.41) is 3.23. The molecule has 20 heavy (non-hydrogen) atoms. The minimum Gasteiger partial charge on any atom is -0.382 e. The second kappa shape index (κ2) is 6.36. The van der Waals surface area contributed by atoms with Gasteiger partial charge in [-0.2, -0.15) is 0 Å². The largest absolute Gasteiger partial charge is 0.382 e. The van der Waals surface area contributed by atoms with Gasteiger partial charge in [-0.15, -0.1) is 0 Å². The van der Waals surface area contributed by atoms with Crippen LogP contribution in [0.1, 0.15) is 24.2 Å². The van der Waals surface area contributed by atoms with Gasteiger partial charge < -0.3 is 15.1 Å². The predicted molar refractivity (Wildman–Crippen MR) is 76.5 cm³/mol. The van der Waals surface area contributed by atoms with Crippen molar-refractivity contribution in [3.8, 4) is 0 Å². The summed E-state index contributed by atoms with van der Waals surface area (Å²) in [6, 6.07) is 2.11. The molecule has 0 spiro atoms. The molecule has 0 aliphatic carbocycles. The number of rotatable bonds is 4. The van der Waals surface area contributed by atoms with E-state index in [4.69, 9.17) is 0 Å². The molecule has 0 unspecified atom stereocenters. The Kier molecular flexibility index (Phi) is 4.55. The molecule has 6 nitrogen and oxygen atoms in total. The Morgan fingerprint density at radius 3 is 2.60 bits per heavy atom. The van der Waals surface area contributed by atoms with Crippen LogP contribution >= 0.6 is 0 Å². The van der Waals surface area contributed by atoms with Crippen molar-refractivity contribution in [2.45, 2.75) is 19.9 Å². The Hall–Kier alpha value is -2.11. The molecule has 1 N–H and O–H groups in total. The summed E-state index contributed by atoms with van der Waals surface area (Å²) in [5.41, 5.74) is 1.42. The number of hydrogen-bond acceptors (Lipinski definition) is 4. The molecule has 2 heterocycles. The lowest BCUT2D eigenvalue weighted by molar-refractivity contribution is -0.119. The molecule has 0 atom stereocenters. The van der Waals surface area contributed by atoms with Crippen LogP contribution in [0.15, 0.2) is 18.5 Å². The number of piperazine rings is 1. The lowest BCUT2D eigenvalue weighted by Gasteiger charge is -2.32. The van der Waals surface area contributed by atoms with Gasteiger partial charge in [-0.3, -0.25) is 14.6 Å². The molecule has 2 amide bonds. The molecule has 0 aromatic carbocycles. The van der Waals surface area contributed by atoms with Crippen molar-refractivity contribution in [1.29, 1.82) is 0 Å². The standard InChI is InChI=1S/C14H20N4O2/c1-11(2)16-13-7-12(8-15-9-13)14(20)18-5-3-17(10-19)4-6-18/h7-11,16H,3-6H2,1-2H3. The van der Waals surface area contributed by atoms with E-state index in [1.165, 1.54) is 0 Å². The Bertz CT molecular complexity index is 482. The molecule has 6 heteroatoms. The number of nitrogens with zero attached hydrogens (tertiary/aromatic N) is 3. The van der Waals surface area contributed by atoms with E-state index in [1.54, 1.807) is 22.2 Å². The average molecular weight is 276 g/mol. The van der Waals surface area contributed by atoms with Crippen LogP contribution in [0.25, 0.3) is 0 Å². The smallest absolute Gasteiger partial charge is 0.255 e. The lowest BCUT2D eigenvalue weighted by atomic mass is 10.2. The summed E-state index contributed by atoms with van der Waals surface area (Å²) in [5.74, 6) is -0.0320. The predicted octanol–water partition coefficient (Wildman–Crippen LogP) is 0.816. The first-order chi connectivity index (χ1) is 9.60. The Balaban J connectivity index is 2.04. The number of nitrogens with one attached hydrogen (secondary N) is 1. The third-order valence-corrected chi connectivity index (χ3v) is 3.19. The zero-order chi connectivity index (χ0) is 14.5. The van der Waals surface area contributed by atoms with E-state index in [0.29, 0.717) is 37.8 Å². The van der Waals surface area contributed by atoms with Crippen LogP contribution in [-0.4, -0.2) is 59.3 Å². The first kappa shape index (κ1) is 14.3. The molecule has 1 aliphatic heterocycles. The number of anilines is 1. The first-order valence-electron chi connectivity index (χ1n) is 6.80. The van der Waals surface area contributed by atoms with Crippen molar-refractivity contribution in [2.24, 2.45) is 0 Å². The summed E-state index contributed by atoms with van der Waals surface area (Å²) in [7, 11) is 0. The summed E-state index contributed by atoms with van der Waals surface area (Å²) < 4.78 is 0. The second-order valence-corrected chi connectivity index (χ2v) is 5.19. The minimum absolute atomic E-state index is 0.0320. The van der Waals surface area contributed by atoms with E-state index in [9.17, 15) is 9.59 Å².